The number of carboxylic acids is 1. The van der Waals surface area contributed by atoms with Gasteiger partial charge >= 0.3 is 12.1 Å². The molecule has 4 rings (SSSR count). The summed E-state index contributed by atoms with van der Waals surface area (Å²) in [6.45, 7) is 2.15. The highest BCUT2D eigenvalue weighted by Crippen LogP contribution is 2.59. The number of aromatic nitrogens is 3. The van der Waals surface area contributed by atoms with Crippen LogP contribution in [0.5, 0.6) is 5.75 Å². The van der Waals surface area contributed by atoms with Gasteiger partial charge in [-0.05, 0) is 19.1 Å². The van der Waals surface area contributed by atoms with Gasteiger partial charge in [0.1, 0.15) is 17.4 Å². The SMILES string of the molecule is COc1c([C@H]2[C@H](c3nc4c(C(=O)O)nccc4[nH]3)O[C@@](C)(C(F)(F)F)[C@H]2C)ccc(F)c1F. The molecule has 7 nitrogen and oxygen atoms in total. The molecular formula is C21H18F5N3O4. The van der Waals surface area contributed by atoms with Crippen molar-refractivity contribution in [1.82, 2.24) is 15.0 Å². The number of benzene rings is 1. The summed E-state index contributed by atoms with van der Waals surface area (Å²) in [6.07, 6.45) is -5.02. The number of pyridine rings is 1. The number of ether oxygens (including phenoxy) is 2. The van der Waals surface area contributed by atoms with Gasteiger partial charge < -0.3 is 19.6 Å². The number of hydrogen-bond donors (Lipinski definition) is 2. The number of alkyl halides is 3. The predicted molar refractivity (Wildman–Crippen MR) is 104 cm³/mol. The van der Waals surface area contributed by atoms with Crippen LogP contribution >= 0.6 is 0 Å². The van der Waals surface area contributed by atoms with E-state index in [1.807, 2.05) is 0 Å². The molecule has 0 bridgehead atoms. The highest BCUT2D eigenvalue weighted by molar-refractivity contribution is 5.98. The fourth-order valence-electron chi connectivity index (χ4n) is 4.30. The van der Waals surface area contributed by atoms with Crippen molar-refractivity contribution < 1.29 is 41.3 Å². The van der Waals surface area contributed by atoms with E-state index in [2.05, 4.69) is 15.0 Å². The zero-order valence-corrected chi connectivity index (χ0v) is 17.5. The summed E-state index contributed by atoms with van der Waals surface area (Å²) in [7, 11) is 1.08. The second-order valence-corrected chi connectivity index (χ2v) is 7.92. The number of carbonyl (C=O) groups is 1. The number of aromatic amines is 1. The van der Waals surface area contributed by atoms with Crippen LogP contribution in [0.25, 0.3) is 11.0 Å². The summed E-state index contributed by atoms with van der Waals surface area (Å²) >= 11 is 0. The number of carboxylic acid groups (broad SMARTS) is 1. The Kier molecular flexibility index (Phi) is 5.31. The molecular weight excluding hydrogens is 453 g/mol. The van der Waals surface area contributed by atoms with Crippen molar-refractivity contribution in [1.29, 1.82) is 0 Å². The molecule has 33 heavy (non-hydrogen) atoms. The molecule has 0 unspecified atom stereocenters. The minimum atomic E-state index is -4.81. The van der Waals surface area contributed by atoms with E-state index < -0.39 is 58.8 Å². The van der Waals surface area contributed by atoms with Crippen LogP contribution in [-0.4, -0.2) is 44.9 Å². The van der Waals surface area contributed by atoms with E-state index in [9.17, 15) is 31.9 Å². The molecule has 0 spiro atoms. The molecule has 1 saturated heterocycles. The molecule has 12 heteroatoms. The average molecular weight is 471 g/mol. The summed E-state index contributed by atoms with van der Waals surface area (Å²) in [5.41, 5.74) is -2.98. The lowest BCUT2D eigenvalue weighted by Gasteiger charge is -2.32. The maximum absolute atomic E-state index is 14.4. The lowest BCUT2D eigenvalue weighted by molar-refractivity contribution is -0.275. The first-order valence-electron chi connectivity index (χ1n) is 9.75. The van der Waals surface area contributed by atoms with Crippen molar-refractivity contribution in [2.45, 2.75) is 37.6 Å². The van der Waals surface area contributed by atoms with E-state index in [-0.39, 0.29) is 22.4 Å². The van der Waals surface area contributed by atoms with Crippen LogP contribution in [-0.2, 0) is 4.74 Å². The predicted octanol–water partition coefficient (Wildman–Crippen LogP) is 4.76. The molecule has 1 aliphatic heterocycles. The van der Waals surface area contributed by atoms with Crippen LogP contribution < -0.4 is 4.74 Å². The van der Waals surface area contributed by atoms with E-state index in [0.717, 1.165) is 26.2 Å². The average Bonchev–Trinajstić information content (AvgIpc) is 3.29. The van der Waals surface area contributed by atoms with Gasteiger partial charge in [-0.1, -0.05) is 13.0 Å². The number of rotatable bonds is 4. The lowest BCUT2D eigenvalue weighted by atomic mass is 9.77. The molecule has 3 heterocycles. The quantitative estimate of drug-likeness (QED) is 0.533. The summed E-state index contributed by atoms with van der Waals surface area (Å²) in [5.74, 6) is -7.07. The highest BCUT2D eigenvalue weighted by atomic mass is 19.4. The Labute approximate surface area is 183 Å². The first kappa shape index (κ1) is 22.9. The maximum Gasteiger partial charge on any atom is 0.417 e. The Bertz CT molecular complexity index is 1240. The van der Waals surface area contributed by atoms with Gasteiger partial charge in [-0.3, -0.25) is 0 Å². The van der Waals surface area contributed by atoms with Gasteiger partial charge in [0.25, 0.3) is 0 Å². The van der Waals surface area contributed by atoms with Crippen molar-refractivity contribution in [3.63, 3.8) is 0 Å². The number of halogens is 5. The number of nitrogens with one attached hydrogen (secondary N) is 1. The molecule has 1 fully saturated rings. The van der Waals surface area contributed by atoms with Gasteiger partial charge in [-0.15, -0.1) is 0 Å². The minimum absolute atomic E-state index is 0.0427. The van der Waals surface area contributed by atoms with E-state index in [4.69, 9.17) is 9.47 Å². The topological polar surface area (TPSA) is 97.3 Å². The van der Waals surface area contributed by atoms with Gasteiger partial charge in [0, 0.05) is 23.6 Å². The number of nitrogens with zero attached hydrogens (tertiary/aromatic N) is 2. The van der Waals surface area contributed by atoms with Crippen molar-refractivity contribution in [3.8, 4) is 5.75 Å². The smallest absolute Gasteiger partial charge is 0.417 e. The minimum Gasteiger partial charge on any atom is -0.493 e. The Morgan fingerprint density at radius 2 is 1.97 bits per heavy atom. The Morgan fingerprint density at radius 3 is 2.58 bits per heavy atom. The van der Waals surface area contributed by atoms with Crippen molar-refractivity contribution in [2.75, 3.05) is 7.11 Å². The van der Waals surface area contributed by atoms with Gasteiger partial charge in [0.15, 0.2) is 22.9 Å². The molecule has 0 radical (unpaired) electrons. The number of hydrogen-bond acceptors (Lipinski definition) is 5. The third kappa shape index (κ3) is 3.39. The van der Waals surface area contributed by atoms with Gasteiger partial charge in [0.2, 0.25) is 5.82 Å². The number of fused-ring (bicyclic) bond motifs is 1. The third-order valence-electron chi connectivity index (χ3n) is 6.20. The van der Waals surface area contributed by atoms with Crippen LogP contribution in [0.15, 0.2) is 24.4 Å². The monoisotopic (exact) mass is 471 g/mol. The van der Waals surface area contributed by atoms with E-state index in [1.165, 1.54) is 19.2 Å². The molecule has 2 N–H and O–H groups in total. The number of methoxy groups -OCH3 is 1. The largest absolute Gasteiger partial charge is 0.493 e. The maximum atomic E-state index is 14.4. The molecule has 0 amide bonds. The van der Waals surface area contributed by atoms with Crippen molar-refractivity contribution in [3.05, 3.63) is 53.1 Å². The standard InChI is InChI=1S/C21H18F5N3O4/c1-8-12(9-4-5-10(22)13(23)16(9)32-3)17(33-20(8,2)21(24,25)26)18-28-11-6-7-27-15(19(30)31)14(11)29-18/h4-8,12,17H,1-3H3,(H,28,29)(H,30,31)/t8-,12-,17+,20+/m0/s1. The summed E-state index contributed by atoms with van der Waals surface area (Å²) in [5, 5.41) is 9.35. The van der Waals surface area contributed by atoms with Crippen LogP contribution in [0.1, 0.15) is 47.7 Å². The van der Waals surface area contributed by atoms with E-state index in [0.29, 0.717) is 0 Å². The third-order valence-corrected chi connectivity index (χ3v) is 6.20. The molecule has 0 aliphatic carbocycles. The first-order valence-corrected chi connectivity index (χ1v) is 9.75. The molecule has 176 valence electrons. The second-order valence-electron chi connectivity index (χ2n) is 7.92. The lowest BCUT2D eigenvalue weighted by Crippen LogP contribution is -2.46. The number of imidazole rings is 1. The van der Waals surface area contributed by atoms with Gasteiger partial charge in [-0.2, -0.15) is 17.6 Å². The summed E-state index contributed by atoms with van der Waals surface area (Å²) < 4.78 is 81.0. The van der Waals surface area contributed by atoms with Crippen LogP contribution in [0, 0.1) is 17.6 Å². The zero-order chi connectivity index (χ0) is 24.3. The highest BCUT2D eigenvalue weighted by Gasteiger charge is 2.65. The number of aromatic carboxylic acids is 1. The molecule has 2 aromatic heterocycles. The number of H-pyrrole nitrogens is 1. The Balaban J connectivity index is 1.94. The van der Waals surface area contributed by atoms with Crippen LogP contribution in [0.3, 0.4) is 0 Å². The molecule has 1 aromatic carbocycles. The summed E-state index contributed by atoms with van der Waals surface area (Å²) in [4.78, 5) is 22.2. The molecule has 1 aliphatic rings. The van der Waals surface area contributed by atoms with E-state index in [1.54, 1.807) is 0 Å². The fraction of sp³-hybridized carbons (Fsp3) is 0.381. The Morgan fingerprint density at radius 1 is 1.27 bits per heavy atom. The second kappa shape index (κ2) is 7.65. The summed E-state index contributed by atoms with van der Waals surface area (Å²) in [6, 6.07) is 3.35. The molecule has 4 atom stereocenters. The molecule has 0 saturated carbocycles. The Hall–Kier alpha value is -3.28. The van der Waals surface area contributed by atoms with Crippen LogP contribution in [0.4, 0.5) is 22.0 Å². The van der Waals surface area contributed by atoms with Gasteiger partial charge in [0.05, 0.1) is 12.6 Å². The zero-order valence-electron chi connectivity index (χ0n) is 17.5. The molecule has 3 aromatic rings. The van der Waals surface area contributed by atoms with Crippen LogP contribution in [0.2, 0.25) is 0 Å². The normalized spacial score (nSPS) is 25.5. The first-order chi connectivity index (χ1) is 15.4. The van der Waals surface area contributed by atoms with Crippen molar-refractivity contribution in [2.24, 2.45) is 5.92 Å². The van der Waals surface area contributed by atoms with E-state index >= 15 is 0 Å². The fourth-order valence-corrected chi connectivity index (χ4v) is 4.30. The van der Waals surface area contributed by atoms with Crippen molar-refractivity contribution >= 4 is 17.0 Å². The van der Waals surface area contributed by atoms with Gasteiger partial charge in [-0.25, -0.2) is 19.2 Å².